The molecule has 0 fully saturated rings. The molecule has 0 bridgehead atoms. The van der Waals surface area contributed by atoms with E-state index in [1.54, 1.807) is 22.0 Å². The van der Waals surface area contributed by atoms with Gasteiger partial charge in [0.15, 0.2) is 11.4 Å². The molecular weight excluding hydrogens is 821 g/mol. The Kier molecular flexibility index (Phi) is 11.8. The number of hydrogen-bond donors (Lipinski definition) is 1. The van der Waals surface area contributed by atoms with E-state index in [-0.39, 0.29) is 18.8 Å². The maximum Gasteiger partial charge on any atom is 0.359 e. The van der Waals surface area contributed by atoms with Gasteiger partial charge in [-0.25, -0.2) is 24.1 Å². The van der Waals surface area contributed by atoms with Gasteiger partial charge in [0.2, 0.25) is 0 Å². The molecule has 1 amide bonds. The summed E-state index contributed by atoms with van der Waals surface area (Å²) in [7, 11) is 0.357. The molecule has 0 saturated heterocycles. The number of aryl methyl sites for hydroxylation is 2. The summed E-state index contributed by atoms with van der Waals surface area (Å²) in [6.45, 7) is 3.86. The topological polar surface area (TPSA) is 141 Å². The average molecular weight is 859 g/mol. The number of methoxy groups -OCH3 is 1. The first kappa shape index (κ1) is 37.8. The summed E-state index contributed by atoms with van der Waals surface area (Å²) >= 11 is 6.94. The minimum atomic E-state index is -1.00. The molecule has 0 spiro atoms. The summed E-state index contributed by atoms with van der Waals surface area (Å²) in [4.78, 5) is 32.7. The van der Waals surface area contributed by atoms with E-state index in [1.807, 2.05) is 120 Å². The fourth-order valence-electron chi connectivity index (χ4n) is 5.70. The Morgan fingerprint density at radius 3 is 1.56 bits per heavy atom. The molecule has 12 nitrogen and oxygen atoms in total. The van der Waals surface area contributed by atoms with Crippen molar-refractivity contribution in [1.29, 1.82) is 0 Å². The van der Waals surface area contributed by atoms with E-state index >= 15 is 0 Å². The average Bonchev–Trinajstić information content (AvgIpc) is 3.96. The van der Waals surface area contributed by atoms with Crippen molar-refractivity contribution >= 4 is 65.5 Å². The zero-order valence-electron chi connectivity index (χ0n) is 29.6. The Bertz CT molecular complexity index is 2630. The highest BCUT2D eigenvalue weighted by Gasteiger charge is 2.20. The molecule has 4 aromatic carbocycles. The van der Waals surface area contributed by atoms with Crippen LogP contribution in [0.2, 0.25) is 0 Å². The highest BCUT2D eigenvalue weighted by atomic mass is 79.9. The van der Waals surface area contributed by atoms with Crippen molar-refractivity contribution in [3.63, 3.8) is 0 Å². The van der Waals surface area contributed by atoms with Crippen molar-refractivity contribution in [3.8, 4) is 22.7 Å². The number of primary amides is 1. The van der Waals surface area contributed by atoms with E-state index in [2.05, 4.69) is 52.0 Å². The maximum absolute atomic E-state index is 12.3. The molecule has 0 saturated carbocycles. The lowest BCUT2D eigenvalue weighted by atomic mass is 10.1. The first-order chi connectivity index (χ1) is 26.0. The van der Waals surface area contributed by atoms with Gasteiger partial charge >= 0.3 is 5.97 Å². The molecule has 2 N–H and O–H groups in total. The van der Waals surface area contributed by atoms with Crippen molar-refractivity contribution in [3.05, 3.63) is 142 Å². The van der Waals surface area contributed by atoms with E-state index in [1.165, 1.54) is 7.11 Å². The van der Waals surface area contributed by atoms with E-state index in [4.69, 9.17) is 11.8 Å². The molecule has 0 atom stereocenters. The molecular formula is C39H36Br2FN9O3. The van der Waals surface area contributed by atoms with Crippen LogP contribution in [-0.4, -0.2) is 64.8 Å². The van der Waals surface area contributed by atoms with Crippen LogP contribution in [0.5, 0.6) is 0 Å². The highest BCUT2D eigenvalue weighted by Crippen LogP contribution is 2.28. The van der Waals surface area contributed by atoms with E-state index in [0.29, 0.717) is 5.39 Å². The van der Waals surface area contributed by atoms with Gasteiger partial charge in [-0.1, -0.05) is 51.4 Å². The lowest BCUT2D eigenvalue weighted by Crippen LogP contribution is -2.12. The summed E-state index contributed by atoms with van der Waals surface area (Å²) in [5.41, 5.74) is 13.0. The van der Waals surface area contributed by atoms with Gasteiger partial charge in [0, 0.05) is 43.5 Å². The predicted octanol–water partition coefficient (Wildman–Crippen LogP) is 8.67. The number of benzene rings is 4. The van der Waals surface area contributed by atoms with Gasteiger partial charge in [-0.05, 0) is 86.6 Å². The fraction of sp³-hybridized carbons (Fsp3) is 0.128. The Morgan fingerprint density at radius 2 is 1.17 bits per heavy atom. The number of aromatic nitrogens is 8. The van der Waals surface area contributed by atoms with Crippen LogP contribution >= 0.6 is 31.9 Å². The van der Waals surface area contributed by atoms with Gasteiger partial charge in [0.25, 0.3) is 5.91 Å². The summed E-state index contributed by atoms with van der Waals surface area (Å²) in [6.07, 6.45) is 7.33. The van der Waals surface area contributed by atoms with Crippen molar-refractivity contribution < 1.29 is 20.1 Å². The van der Waals surface area contributed by atoms with E-state index < -0.39 is 19.0 Å². The zero-order valence-corrected chi connectivity index (χ0v) is 31.8. The van der Waals surface area contributed by atoms with Crippen LogP contribution in [0.4, 0.5) is 4.39 Å². The van der Waals surface area contributed by atoms with E-state index in [9.17, 15) is 14.0 Å². The molecule has 4 heterocycles. The monoisotopic (exact) mass is 856 g/mol. The highest BCUT2D eigenvalue weighted by molar-refractivity contribution is 9.10. The number of fused-ring (bicyclic) bond motifs is 2. The van der Waals surface area contributed by atoms with Crippen LogP contribution in [-0.2, 0) is 4.74 Å². The zero-order chi connectivity index (χ0) is 38.5. The molecule has 0 aliphatic heterocycles. The molecule has 15 heteroatoms. The Morgan fingerprint density at radius 1 is 0.722 bits per heavy atom. The largest absolute Gasteiger partial charge is 0.464 e. The molecule has 8 aromatic rings. The third-order valence-electron chi connectivity index (χ3n) is 8.06. The second-order valence-corrected chi connectivity index (χ2v) is 13.4. The number of amides is 1. The van der Waals surface area contributed by atoms with E-state index in [0.717, 1.165) is 59.5 Å². The number of nitrogens with zero attached hydrogens (tertiary/aromatic N) is 8. The van der Waals surface area contributed by atoms with Gasteiger partial charge in [-0.3, -0.25) is 9.18 Å². The first-order valence-electron chi connectivity index (χ1n) is 16.5. The molecule has 0 radical (unpaired) electrons. The minimum Gasteiger partial charge on any atom is -0.464 e. The summed E-state index contributed by atoms with van der Waals surface area (Å²) in [5, 5.41) is 10.4. The summed E-state index contributed by atoms with van der Waals surface area (Å²) < 4.78 is 29.6. The van der Waals surface area contributed by atoms with Crippen molar-refractivity contribution in [2.45, 2.75) is 21.3 Å². The minimum absolute atomic E-state index is 0. The predicted molar refractivity (Wildman–Crippen MR) is 215 cm³/mol. The SMILES string of the molecule is C.COC(=O)c1nn(-c2cccc(Br)c2)c2ccc(-n3cnc(C)c3)cc12.Cc1cn(-c2ccc3c(c2)c(C(N)=O)nn3-c2cccc(Br)c2)cn1.[2H]CF. The number of carbonyl (C=O) groups is 2. The van der Waals surface area contributed by atoms with Crippen LogP contribution < -0.4 is 5.73 Å². The number of rotatable bonds is 6. The molecule has 54 heavy (non-hydrogen) atoms. The van der Waals surface area contributed by atoms with Crippen LogP contribution in [0.15, 0.2) is 119 Å². The third kappa shape index (κ3) is 8.01. The lowest BCUT2D eigenvalue weighted by Gasteiger charge is -2.05. The van der Waals surface area contributed by atoms with Gasteiger partial charge in [0.05, 0.1) is 62.1 Å². The number of hydrogen-bond acceptors (Lipinski definition) is 7. The molecule has 0 aliphatic carbocycles. The molecule has 276 valence electrons. The third-order valence-corrected chi connectivity index (χ3v) is 9.05. The van der Waals surface area contributed by atoms with Crippen LogP contribution in [0.25, 0.3) is 44.6 Å². The second-order valence-electron chi connectivity index (χ2n) is 11.6. The number of halogens is 3. The van der Waals surface area contributed by atoms with Crippen LogP contribution in [0.3, 0.4) is 0 Å². The summed E-state index contributed by atoms with van der Waals surface area (Å²) in [6, 6.07) is 27.1. The Labute approximate surface area is 328 Å². The number of ether oxygens (including phenoxy) is 1. The molecule has 0 unspecified atom stereocenters. The van der Waals surface area contributed by atoms with Crippen molar-refractivity contribution in [2.24, 2.45) is 5.73 Å². The molecule has 0 aliphatic rings. The van der Waals surface area contributed by atoms with Gasteiger partial charge in [-0.15, -0.1) is 0 Å². The number of imidazole rings is 2. The second kappa shape index (κ2) is 16.8. The first-order valence-corrected chi connectivity index (χ1v) is 17.4. The quantitative estimate of drug-likeness (QED) is 0.165. The smallest absolute Gasteiger partial charge is 0.359 e. The standard InChI is InChI=1S/C19H15BrN4O2.C18H14BrN5O.CH3F.CH4/c1-12-10-23(11-21-12)14-6-7-17-16(9-14)18(19(25)26-2)22-24(17)15-5-3-4-13(20)8-15;1-11-9-23(10-21-11)13-5-6-16-15(8-13)17(18(20)25)22-24(16)14-4-2-3-12(19)7-14;1-2;/h3-11H,1-2H3;2-10H,1H3,(H2,20,25);1H3;1H4/i;;1D;. The van der Waals surface area contributed by atoms with Crippen LogP contribution in [0.1, 0.15) is 41.2 Å². The van der Waals surface area contributed by atoms with Crippen molar-refractivity contribution in [1.82, 2.24) is 38.7 Å². The number of esters is 1. The lowest BCUT2D eigenvalue weighted by molar-refractivity contribution is 0.0595. The van der Waals surface area contributed by atoms with Crippen LogP contribution in [0, 0.1) is 13.8 Å². The van der Waals surface area contributed by atoms with Gasteiger partial charge < -0.3 is 19.6 Å². The normalized spacial score (nSPS) is 10.8. The maximum atomic E-state index is 12.3. The Balaban J connectivity index is 0.000000194. The molecule has 4 aromatic heterocycles. The molecule has 8 rings (SSSR count). The van der Waals surface area contributed by atoms with Crippen molar-refractivity contribution in [2.75, 3.05) is 14.3 Å². The number of nitrogens with two attached hydrogens (primary N) is 1. The number of carbonyl (C=O) groups excluding carboxylic acids is 2. The Hall–Kier alpha value is -5.93. The summed E-state index contributed by atoms with van der Waals surface area (Å²) in [5.74, 6) is -1.03. The fourth-order valence-corrected chi connectivity index (χ4v) is 6.47. The van der Waals surface area contributed by atoms with Gasteiger partial charge in [0.1, 0.15) is 0 Å². The number of alkyl halides is 1. The van der Waals surface area contributed by atoms with Gasteiger partial charge in [-0.2, -0.15) is 10.2 Å².